The zero-order chi connectivity index (χ0) is 26.4. The normalized spacial score (nSPS) is 17.3. The molecule has 0 bridgehead atoms. The monoisotopic (exact) mass is 546 g/mol. The lowest BCUT2D eigenvalue weighted by molar-refractivity contribution is -0.133. The van der Waals surface area contributed by atoms with E-state index in [9.17, 15) is 18.0 Å². The number of nitrogens with one attached hydrogen (secondary N) is 2. The van der Waals surface area contributed by atoms with Crippen LogP contribution in [0.5, 0.6) is 0 Å². The molecule has 199 valence electrons. The SMILES string of the molecule is CS(=O)(=O)Nc1ccccc1N1CCN(C(=O)[C@@H](Cc2ccc(Cl)cc2)NC(=O)N2[CH]CCCC2)CC1. The molecule has 2 saturated heterocycles. The van der Waals surface area contributed by atoms with Gasteiger partial charge < -0.3 is 20.0 Å². The number of likely N-dealkylation sites (tertiary alicyclic amines) is 1. The summed E-state index contributed by atoms with van der Waals surface area (Å²) in [4.78, 5) is 32.1. The Balaban J connectivity index is 1.45. The van der Waals surface area contributed by atoms with Crippen LogP contribution in [0.15, 0.2) is 48.5 Å². The van der Waals surface area contributed by atoms with E-state index in [4.69, 9.17) is 11.6 Å². The van der Waals surface area contributed by atoms with E-state index in [1.165, 1.54) is 0 Å². The number of halogens is 1. The molecular weight excluding hydrogens is 514 g/mol. The Morgan fingerprint density at radius 3 is 2.32 bits per heavy atom. The van der Waals surface area contributed by atoms with E-state index in [1.54, 1.807) is 34.1 Å². The minimum Gasteiger partial charge on any atom is -0.366 e. The van der Waals surface area contributed by atoms with E-state index in [0.29, 0.717) is 49.9 Å². The standard InChI is InChI=1S/C26H33ClN5O4S/c1-37(35,36)29-22-7-3-4-8-24(22)30-15-17-31(18-16-30)25(33)23(19-20-9-11-21(27)12-10-20)28-26(34)32-13-5-2-6-14-32/h3-4,7-13,23,29H,2,5-6,14-19H2,1H3,(H,28,34)/t23-/m1/s1. The van der Waals surface area contributed by atoms with Crippen molar-refractivity contribution in [3.05, 3.63) is 65.7 Å². The van der Waals surface area contributed by atoms with Gasteiger partial charge >= 0.3 is 6.03 Å². The zero-order valence-electron chi connectivity index (χ0n) is 20.9. The Hall–Kier alpha value is -2.98. The first-order valence-electron chi connectivity index (χ1n) is 12.4. The van der Waals surface area contributed by atoms with E-state index in [-0.39, 0.29) is 11.9 Å². The highest BCUT2D eigenvalue weighted by molar-refractivity contribution is 7.92. The van der Waals surface area contributed by atoms with Crippen molar-refractivity contribution in [2.75, 3.05) is 48.6 Å². The van der Waals surface area contributed by atoms with Gasteiger partial charge in [0.25, 0.3) is 0 Å². The molecule has 3 amide bonds. The highest BCUT2D eigenvalue weighted by atomic mass is 35.5. The number of piperazine rings is 1. The number of anilines is 2. The largest absolute Gasteiger partial charge is 0.366 e. The number of hydrogen-bond acceptors (Lipinski definition) is 5. The zero-order valence-corrected chi connectivity index (χ0v) is 22.5. The maximum atomic E-state index is 13.6. The first kappa shape index (κ1) is 27.1. The van der Waals surface area contributed by atoms with Crippen LogP contribution in [0.1, 0.15) is 24.8 Å². The highest BCUT2D eigenvalue weighted by Gasteiger charge is 2.31. The third-order valence-corrected chi connectivity index (χ3v) is 7.39. The molecule has 2 aliphatic heterocycles. The minimum atomic E-state index is -3.42. The van der Waals surface area contributed by atoms with Crippen molar-refractivity contribution >= 4 is 44.9 Å². The second-order valence-corrected chi connectivity index (χ2v) is 11.6. The summed E-state index contributed by atoms with van der Waals surface area (Å²) in [5.74, 6) is -0.137. The molecule has 1 radical (unpaired) electrons. The smallest absolute Gasteiger partial charge is 0.318 e. The molecule has 9 nitrogen and oxygen atoms in total. The number of rotatable bonds is 7. The molecule has 4 rings (SSSR count). The summed E-state index contributed by atoms with van der Waals surface area (Å²) in [7, 11) is -3.42. The molecule has 2 fully saturated rings. The summed E-state index contributed by atoms with van der Waals surface area (Å²) >= 11 is 6.03. The highest BCUT2D eigenvalue weighted by Crippen LogP contribution is 2.27. The number of para-hydroxylation sites is 2. The van der Waals surface area contributed by atoms with E-state index in [0.717, 1.165) is 36.8 Å². The van der Waals surface area contributed by atoms with Gasteiger partial charge in [0, 0.05) is 44.2 Å². The number of carbonyl (C=O) groups is 2. The maximum Gasteiger partial charge on any atom is 0.318 e. The summed E-state index contributed by atoms with van der Waals surface area (Å²) in [5, 5.41) is 3.58. The topological polar surface area (TPSA) is 102 Å². The number of nitrogens with zero attached hydrogens (tertiary/aromatic N) is 3. The number of benzene rings is 2. The first-order chi connectivity index (χ1) is 17.7. The Bertz CT molecular complexity index is 1190. The Morgan fingerprint density at radius 2 is 1.68 bits per heavy atom. The van der Waals surface area contributed by atoms with Crippen molar-refractivity contribution in [3.8, 4) is 0 Å². The minimum absolute atomic E-state index is 0.137. The number of amides is 3. The average Bonchev–Trinajstić information content (AvgIpc) is 2.89. The van der Waals surface area contributed by atoms with Crippen molar-refractivity contribution < 1.29 is 18.0 Å². The number of hydrogen-bond donors (Lipinski definition) is 2. The van der Waals surface area contributed by atoms with Gasteiger partial charge in [-0.15, -0.1) is 0 Å². The molecule has 2 N–H and O–H groups in total. The quantitative estimate of drug-likeness (QED) is 0.554. The molecule has 2 aliphatic rings. The summed E-state index contributed by atoms with van der Waals surface area (Å²) in [6.07, 6.45) is 4.33. The second-order valence-electron chi connectivity index (χ2n) is 9.41. The fraction of sp³-hybridized carbons (Fsp3) is 0.423. The van der Waals surface area contributed by atoms with Gasteiger partial charge in [-0.05, 0) is 49.1 Å². The van der Waals surface area contributed by atoms with E-state index < -0.39 is 16.1 Å². The Morgan fingerprint density at radius 1 is 0.973 bits per heavy atom. The van der Waals surface area contributed by atoms with E-state index in [1.807, 2.05) is 30.8 Å². The van der Waals surface area contributed by atoms with Crippen LogP contribution in [0, 0.1) is 6.54 Å². The summed E-state index contributed by atoms with van der Waals surface area (Å²) in [6.45, 7) is 4.52. The number of carbonyl (C=O) groups excluding carboxylic acids is 2. The van der Waals surface area contributed by atoms with Crippen LogP contribution in [-0.4, -0.2) is 75.2 Å². The van der Waals surface area contributed by atoms with Crippen LogP contribution in [-0.2, 0) is 21.2 Å². The summed E-state index contributed by atoms with van der Waals surface area (Å²) < 4.78 is 26.2. The molecule has 0 saturated carbocycles. The molecule has 2 aromatic carbocycles. The molecule has 11 heteroatoms. The van der Waals surface area contributed by atoms with Crippen LogP contribution in [0.4, 0.5) is 16.2 Å². The van der Waals surface area contributed by atoms with Crippen molar-refractivity contribution in [2.24, 2.45) is 0 Å². The maximum absolute atomic E-state index is 13.6. The van der Waals surface area contributed by atoms with Crippen LogP contribution in [0.25, 0.3) is 0 Å². The van der Waals surface area contributed by atoms with Crippen molar-refractivity contribution in [1.29, 1.82) is 0 Å². The number of piperidine rings is 1. The molecule has 2 heterocycles. The number of sulfonamides is 1. The van der Waals surface area contributed by atoms with Crippen molar-refractivity contribution in [2.45, 2.75) is 31.7 Å². The molecule has 0 unspecified atom stereocenters. The lowest BCUT2D eigenvalue weighted by Crippen LogP contribution is -2.57. The van der Waals surface area contributed by atoms with Gasteiger partial charge in [0.15, 0.2) is 0 Å². The van der Waals surface area contributed by atoms with Crippen molar-refractivity contribution in [1.82, 2.24) is 15.1 Å². The molecule has 1 atom stereocenters. The van der Waals surface area contributed by atoms with Crippen molar-refractivity contribution in [3.63, 3.8) is 0 Å². The Kier molecular flexibility index (Phi) is 8.81. The molecule has 0 aromatic heterocycles. The lowest BCUT2D eigenvalue weighted by atomic mass is 10.0. The van der Waals surface area contributed by atoms with Gasteiger partial charge in [-0.1, -0.05) is 35.9 Å². The number of urea groups is 1. The summed E-state index contributed by atoms with van der Waals surface area (Å²) in [5.41, 5.74) is 2.19. The molecule has 0 aliphatic carbocycles. The third kappa shape index (κ3) is 7.52. The first-order valence-corrected chi connectivity index (χ1v) is 14.7. The predicted molar refractivity (Wildman–Crippen MR) is 146 cm³/mol. The predicted octanol–water partition coefficient (Wildman–Crippen LogP) is 3.33. The Labute approximate surface area is 223 Å². The molecule has 37 heavy (non-hydrogen) atoms. The third-order valence-electron chi connectivity index (χ3n) is 6.54. The summed E-state index contributed by atoms with van der Waals surface area (Å²) in [6, 6.07) is 13.5. The van der Waals surface area contributed by atoms with Gasteiger partial charge in [-0.25, -0.2) is 13.2 Å². The van der Waals surface area contributed by atoms with E-state index in [2.05, 4.69) is 14.9 Å². The molecular formula is C26H33ClN5O4S. The van der Waals surface area contributed by atoms with Gasteiger partial charge in [-0.3, -0.25) is 9.52 Å². The van der Waals surface area contributed by atoms with Crippen LogP contribution >= 0.6 is 11.6 Å². The average molecular weight is 547 g/mol. The second kappa shape index (κ2) is 12.0. The van der Waals surface area contributed by atoms with Crippen LogP contribution < -0.4 is 14.9 Å². The van der Waals surface area contributed by atoms with Gasteiger partial charge in [-0.2, -0.15) is 0 Å². The fourth-order valence-corrected chi connectivity index (χ4v) is 5.36. The fourth-order valence-electron chi connectivity index (χ4n) is 4.66. The van der Waals surface area contributed by atoms with Gasteiger partial charge in [0.05, 0.1) is 24.2 Å². The van der Waals surface area contributed by atoms with Gasteiger partial charge in [0.1, 0.15) is 6.04 Å². The molecule has 2 aromatic rings. The van der Waals surface area contributed by atoms with Gasteiger partial charge in [0.2, 0.25) is 15.9 Å². The lowest BCUT2D eigenvalue weighted by Gasteiger charge is -2.38. The van der Waals surface area contributed by atoms with E-state index >= 15 is 0 Å². The van der Waals surface area contributed by atoms with Crippen LogP contribution in [0.3, 0.4) is 0 Å². The molecule has 0 spiro atoms. The van der Waals surface area contributed by atoms with Crippen LogP contribution in [0.2, 0.25) is 5.02 Å².